The smallest absolute Gasteiger partial charge is 0.261 e. The summed E-state index contributed by atoms with van der Waals surface area (Å²) in [4.78, 5) is 0.217. The van der Waals surface area contributed by atoms with E-state index in [4.69, 9.17) is 5.26 Å². The molecule has 124 valence electrons. The zero-order valence-corrected chi connectivity index (χ0v) is 14.0. The summed E-state index contributed by atoms with van der Waals surface area (Å²) in [7, 11) is -3.59. The van der Waals surface area contributed by atoms with Crippen molar-refractivity contribution in [2.75, 3.05) is 10.0 Å². The average molecular weight is 349 g/mol. The van der Waals surface area contributed by atoms with E-state index >= 15 is 0 Å². The number of benzene rings is 3. The molecule has 25 heavy (non-hydrogen) atoms. The minimum Gasteiger partial charge on any atom is -0.356 e. The Kier molecular flexibility index (Phi) is 4.68. The Hall–Kier alpha value is -3.30. The van der Waals surface area contributed by atoms with Crippen LogP contribution in [0.15, 0.2) is 83.8 Å². The molecule has 0 radical (unpaired) electrons. The molecular formula is C19H15N3O2S. The number of anilines is 3. The van der Waals surface area contributed by atoms with E-state index in [2.05, 4.69) is 16.1 Å². The van der Waals surface area contributed by atoms with E-state index < -0.39 is 10.0 Å². The van der Waals surface area contributed by atoms with Crippen LogP contribution in [0.3, 0.4) is 0 Å². The van der Waals surface area contributed by atoms with Crippen LogP contribution in [0, 0.1) is 11.3 Å². The monoisotopic (exact) mass is 349 g/mol. The van der Waals surface area contributed by atoms with Crippen LogP contribution in [0.1, 0.15) is 5.56 Å². The Bertz CT molecular complexity index is 991. The van der Waals surface area contributed by atoms with Gasteiger partial charge in [0.1, 0.15) is 0 Å². The topological polar surface area (TPSA) is 82.0 Å². The van der Waals surface area contributed by atoms with Crippen molar-refractivity contribution in [3.63, 3.8) is 0 Å². The number of hydrogen-bond acceptors (Lipinski definition) is 4. The summed E-state index contributed by atoms with van der Waals surface area (Å²) in [5.41, 5.74) is 2.73. The van der Waals surface area contributed by atoms with Crippen LogP contribution in [0.5, 0.6) is 0 Å². The highest BCUT2D eigenvalue weighted by molar-refractivity contribution is 7.92. The molecule has 0 fully saturated rings. The summed E-state index contributed by atoms with van der Waals surface area (Å²) in [6.07, 6.45) is 0. The Morgan fingerprint density at radius 3 is 1.80 bits per heavy atom. The molecule has 0 amide bonds. The largest absolute Gasteiger partial charge is 0.356 e. The molecule has 0 spiro atoms. The summed E-state index contributed by atoms with van der Waals surface area (Å²) < 4.78 is 27.1. The highest BCUT2D eigenvalue weighted by atomic mass is 32.2. The number of nitrogens with one attached hydrogen (secondary N) is 2. The number of hydrogen-bond donors (Lipinski definition) is 2. The molecule has 6 heteroatoms. The van der Waals surface area contributed by atoms with Gasteiger partial charge in [0.15, 0.2) is 0 Å². The number of nitrogens with zero attached hydrogens (tertiary/aromatic N) is 1. The normalized spacial score (nSPS) is 10.7. The van der Waals surface area contributed by atoms with E-state index in [-0.39, 0.29) is 4.90 Å². The molecule has 0 saturated heterocycles. The van der Waals surface area contributed by atoms with Gasteiger partial charge in [-0.3, -0.25) is 4.72 Å². The van der Waals surface area contributed by atoms with Gasteiger partial charge in [0.05, 0.1) is 16.5 Å². The maximum atomic E-state index is 12.3. The quantitative estimate of drug-likeness (QED) is 0.726. The van der Waals surface area contributed by atoms with E-state index in [1.165, 1.54) is 0 Å². The second kappa shape index (κ2) is 7.07. The molecule has 3 aromatic carbocycles. The first-order valence-corrected chi connectivity index (χ1v) is 9.00. The highest BCUT2D eigenvalue weighted by Crippen LogP contribution is 2.21. The van der Waals surface area contributed by atoms with Crippen LogP contribution < -0.4 is 10.0 Å². The summed E-state index contributed by atoms with van der Waals surface area (Å²) in [5.74, 6) is 0. The first-order valence-electron chi connectivity index (χ1n) is 7.52. The Balaban J connectivity index is 1.71. The lowest BCUT2D eigenvalue weighted by molar-refractivity contribution is 0.601. The van der Waals surface area contributed by atoms with Crippen LogP contribution >= 0.6 is 0 Å². The molecule has 0 bridgehead atoms. The summed E-state index contributed by atoms with van der Waals surface area (Å²) >= 11 is 0. The molecule has 3 rings (SSSR count). The van der Waals surface area contributed by atoms with Crippen LogP contribution in [0.25, 0.3) is 0 Å². The Labute approximate surface area is 146 Å². The summed E-state index contributed by atoms with van der Waals surface area (Å²) in [5, 5.41) is 12.0. The Morgan fingerprint density at radius 1 is 0.720 bits per heavy atom. The molecule has 0 aromatic heterocycles. The minimum absolute atomic E-state index is 0.217. The average Bonchev–Trinajstić information content (AvgIpc) is 2.64. The van der Waals surface area contributed by atoms with Crippen LogP contribution in [-0.2, 0) is 10.0 Å². The molecule has 0 aliphatic heterocycles. The first kappa shape index (κ1) is 16.6. The molecule has 3 aromatic rings. The van der Waals surface area contributed by atoms with E-state index in [1.807, 2.05) is 12.1 Å². The molecule has 0 saturated carbocycles. The standard InChI is InChI=1S/C19H15N3O2S/c20-14-15-6-8-16(9-7-15)21-17-10-12-18(13-11-17)22-25(23,24)19-4-2-1-3-5-19/h1-13,21-22H. The number of sulfonamides is 1. The van der Waals surface area contributed by atoms with Crippen molar-refractivity contribution >= 4 is 27.1 Å². The van der Waals surface area contributed by atoms with Crippen LogP contribution in [0.2, 0.25) is 0 Å². The molecule has 5 nitrogen and oxygen atoms in total. The minimum atomic E-state index is -3.59. The molecular weight excluding hydrogens is 334 g/mol. The SMILES string of the molecule is N#Cc1ccc(Nc2ccc(NS(=O)(=O)c3ccccc3)cc2)cc1. The summed E-state index contributed by atoms with van der Waals surface area (Å²) in [6.45, 7) is 0. The summed E-state index contributed by atoms with van der Waals surface area (Å²) in [6, 6.07) is 24.3. The van der Waals surface area contributed by atoms with Crippen molar-refractivity contribution in [2.24, 2.45) is 0 Å². The van der Waals surface area contributed by atoms with Crippen molar-refractivity contribution in [3.8, 4) is 6.07 Å². The number of rotatable bonds is 5. The maximum Gasteiger partial charge on any atom is 0.261 e. The van der Waals surface area contributed by atoms with Gasteiger partial charge in [0.25, 0.3) is 10.0 Å². The van der Waals surface area contributed by atoms with Crippen molar-refractivity contribution in [3.05, 3.63) is 84.4 Å². The zero-order valence-electron chi connectivity index (χ0n) is 13.2. The lowest BCUT2D eigenvalue weighted by atomic mass is 10.2. The lowest BCUT2D eigenvalue weighted by Gasteiger charge is -2.10. The van der Waals surface area contributed by atoms with E-state index in [1.54, 1.807) is 66.7 Å². The van der Waals surface area contributed by atoms with E-state index in [9.17, 15) is 8.42 Å². The zero-order chi connectivity index (χ0) is 17.7. The second-order valence-electron chi connectivity index (χ2n) is 5.31. The van der Waals surface area contributed by atoms with Crippen LogP contribution in [-0.4, -0.2) is 8.42 Å². The third-order valence-electron chi connectivity index (χ3n) is 3.49. The van der Waals surface area contributed by atoms with Gasteiger partial charge in [0, 0.05) is 17.1 Å². The fourth-order valence-electron chi connectivity index (χ4n) is 2.23. The maximum absolute atomic E-state index is 12.3. The molecule has 0 aliphatic rings. The molecule has 0 unspecified atom stereocenters. The van der Waals surface area contributed by atoms with Crippen molar-refractivity contribution in [1.82, 2.24) is 0 Å². The van der Waals surface area contributed by atoms with Gasteiger partial charge in [-0.25, -0.2) is 8.42 Å². The highest BCUT2D eigenvalue weighted by Gasteiger charge is 2.13. The molecule has 0 aliphatic carbocycles. The van der Waals surface area contributed by atoms with Crippen LogP contribution in [0.4, 0.5) is 17.1 Å². The van der Waals surface area contributed by atoms with Gasteiger partial charge >= 0.3 is 0 Å². The number of nitriles is 1. The molecule has 2 N–H and O–H groups in total. The van der Waals surface area contributed by atoms with Crippen molar-refractivity contribution in [1.29, 1.82) is 5.26 Å². The van der Waals surface area contributed by atoms with Gasteiger partial charge in [-0.05, 0) is 60.7 Å². The van der Waals surface area contributed by atoms with Gasteiger partial charge in [-0.15, -0.1) is 0 Å². The van der Waals surface area contributed by atoms with E-state index in [0.717, 1.165) is 11.4 Å². The van der Waals surface area contributed by atoms with Gasteiger partial charge in [-0.1, -0.05) is 18.2 Å². The third kappa shape index (κ3) is 4.16. The van der Waals surface area contributed by atoms with Crippen molar-refractivity contribution in [2.45, 2.75) is 4.90 Å². The van der Waals surface area contributed by atoms with Gasteiger partial charge in [-0.2, -0.15) is 5.26 Å². The lowest BCUT2D eigenvalue weighted by Crippen LogP contribution is -2.12. The predicted octanol–water partition coefficient (Wildman–Crippen LogP) is 4.10. The molecule has 0 heterocycles. The second-order valence-corrected chi connectivity index (χ2v) is 6.99. The Morgan fingerprint density at radius 2 is 1.24 bits per heavy atom. The van der Waals surface area contributed by atoms with Crippen molar-refractivity contribution < 1.29 is 8.42 Å². The third-order valence-corrected chi connectivity index (χ3v) is 4.89. The fraction of sp³-hybridized carbons (Fsp3) is 0. The first-order chi connectivity index (χ1) is 12.1. The molecule has 0 atom stereocenters. The predicted molar refractivity (Wildman–Crippen MR) is 98.1 cm³/mol. The fourth-order valence-corrected chi connectivity index (χ4v) is 3.31. The van der Waals surface area contributed by atoms with Gasteiger partial charge in [0.2, 0.25) is 0 Å². The van der Waals surface area contributed by atoms with E-state index in [0.29, 0.717) is 11.3 Å². The van der Waals surface area contributed by atoms with Gasteiger partial charge < -0.3 is 5.32 Å².